The third-order valence-corrected chi connectivity index (χ3v) is 4.11. The Bertz CT molecular complexity index is 886. The molecule has 0 saturated carbocycles. The molecule has 1 amide bonds. The number of para-hydroxylation sites is 1. The third kappa shape index (κ3) is 4.91. The van der Waals surface area contributed by atoms with Crippen LogP contribution in [0.4, 0.5) is 11.4 Å². The fraction of sp³-hybridized carbons (Fsp3) is 0.222. The van der Waals surface area contributed by atoms with E-state index in [2.05, 4.69) is 16.2 Å². The lowest BCUT2D eigenvalue weighted by Gasteiger charge is -2.16. The first-order valence-corrected chi connectivity index (χ1v) is 8.56. The van der Waals surface area contributed by atoms with Crippen molar-refractivity contribution in [2.75, 3.05) is 12.4 Å². The van der Waals surface area contributed by atoms with E-state index in [1.54, 1.807) is 0 Å². The van der Waals surface area contributed by atoms with Gasteiger partial charge in [-0.1, -0.05) is 25.1 Å². The Labute approximate surface area is 162 Å². The summed E-state index contributed by atoms with van der Waals surface area (Å²) in [6.45, 7) is 3.99. The molecule has 0 spiro atoms. The number of carbonyl (C=O) groups excluding carboxylic acids is 1. The zero-order chi connectivity index (χ0) is 20.0. The molecule has 0 aliphatic heterocycles. The first-order chi connectivity index (χ1) is 12.9. The maximum atomic E-state index is 12.4. The highest BCUT2D eigenvalue weighted by molar-refractivity contribution is 7.80. The van der Waals surface area contributed by atoms with Crippen molar-refractivity contribution in [1.82, 2.24) is 10.9 Å². The summed E-state index contributed by atoms with van der Waals surface area (Å²) in [4.78, 5) is 22.7. The topological polar surface area (TPSA) is 106 Å². The van der Waals surface area contributed by atoms with Gasteiger partial charge in [-0.3, -0.25) is 25.8 Å². The van der Waals surface area contributed by atoms with Crippen molar-refractivity contribution in [2.45, 2.75) is 20.3 Å². The van der Waals surface area contributed by atoms with Crippen LogP contribution in [-0.2, 0) is 6.42 Å². The van der Waals surface area contributed by atoms with Crippen molar-refractivity contribution in [1.29, 1.82) is 0 Å². The monoisotopic (exact) mass is 388 g/mol. The summed E-state index contributed by atoms with van der Waals surface area (Å²) in [6.07, 6.45) is 0.823. The quantitative estimate of drug-likeness (QED) is 0.410. The molecule has 0 radical (unpaired) electrons. The smallest absolute Gasteiger partial charge is 0.273 e. The minimum absolute atomic E-state index is 0.0205. The van der Waals surface area contributed by atoms with Crippen molar-refractivity contribution >= 4 is 34.6 Å². The number of non-ortho nitro benzene ring substituents is 1. The fourth-order valence-electron chi connectivity index (χ4n) is 2.51. The van der Waals surface area contributed by atoms with Gasteiger partial charge in [0.05, 0.1) is 17.6 Å². The van der Waals surface area contributed by atoms with E-state index in [-0.39, 0.29) is 22.1 Å². The summed E-state index contributed by atoms with van der Waals surface area (Å²) in [7, 11) is 1.38. The molecule has 9 heteroatoms. The number of aryl methyl sites for hydroxylation is 2. The van der Waals surface area contributed by atoms with Crippen LogP contribution in [0.3, 0.4) is 0 Å². The highest BCUT2D eigenvalue weighted by Gasteiger charge is 2.17. The second-order valence-corrected chi connectivity index (χ2v) is 6.05. The van der Waals surface area contributed by atoms with Crippen LogP contribution in [0.2, 0.25) is 0 Å². The van der Waals surface area contributed by atoms with Gasteiger partial charge in [0, 0.05) is 17.8 Å². The van der Waals surface area contributed by atoms with Gasteiger partial charge in [-0.15, -0.1) is 0 Å². The second-order valence-electron chi connectivity index (χ2n) is 5.64. The van der Waals surface area contributed by atoms with E-state index < -0.39 is 10.8 Å². The summed E-state index contributed by atoms with van der Waals surface area (Å²) in [5.41, 5.74) is 7.81. The van der Waals surface area contributed by atoms with E-state index in [9.17, 15) is 14.9 Å². The largest absolute Gasteiger partial charge is 0.496 e. The first kappa shape index (κ1) is 20.1. The van der Waals surface area contributed by atoms with Gasteiger partial charge < -0.3 is 10.1 Å². The van der Waals surface area contributed by atoms with E-state index in [4.69, 9.17) is 17.0 Å². The van der Waals surface area contributed by atoms with E-state index in [0.717, 1.165) is 29.3 Å². The zero-order valence-corrected chi connectivity index (χ0v) is 16.0. The Morgan fingerprint density at radius 3 is 2.63 bits per heavy atom. The average Bonchev–Trinajstić information content (AvgIpc) is 2.66. The van der Waals surface area contributed by atoms with Crippen LogP contribution in [0.15, 0.2) is 36.4 Å². The molecule has 0 unspecified atom stereocenters. The van der Waals surface area contributed by atoms with Crippen LogP contribution < -0.4 is 20.9 Å². The summed E-state index contributed by atoms with van der Waals surface area (Å²) >= 11 is 5.22. The SMILES string of the molecule is CCc1cccc(C)c1NC(=S)NNC(=O)c1cc([N+](=O)[O-])ccc1OC. The maximum absolute atomic E-state index is 12.4. The number of amides is 1. The molecular formula is C18H20N4O4S. The molecule has 0 aliphatic carbocycles. The molecule has 0 bridgehead atoms. The molecule has 0 saturated heterocycles. The van der Waals surface area contributed by atoms with Gasteiger partial charge in [-0.25, -0.2) is 0 Å². The second kappa shape index (κ2) is 8.95. The van der Waals surface area contributed by atoms with Crippen molar-refractivity contribution < 1.29 is 14.5 Å². The molecule has 0 aliphatic rings. The lowest BCUT2D eigenvalue weighted by Crippen LogP contribution is -2.44. The average molecular weight is 388 g/mol. The summed E-state index contributed by atoms with van der Waals surface area (Å²) in [5, 5.41) is 14.2. The van der Waals surface area contributed by atoms with Gasteiger partial charge in [0.25, 0.3) is 11.6 Å². The van der Waals surface area contributed by atoms with Gasteiger partial charge in [-0.05, 0) is 42.8 Å². The number of nitro benzene ring substituents is 1. The molecular weight excluding hydrogens is 368 g/mol. The standard InChI is InChI=1S/C18H20N4O4S/c1-4-12-7-5-6-11(2)16(12)19-18(27)21-20-17(23)14-10-13(22(24)25)8-9-15(14)26-3/h5-10H,4H2,1-3H3,(H,20,23)(H2,19,21,27). The van der Waals surface area contributed by atoms with E-state index >= 15 is 0 Å². The number of thiocarbonyl (C=S) groups is 1. The molecule has 142 valence electrons. The first-order valence-electron chi connectivity index (χ1n) is 8.15. The fourth-order valence-corrected chi connectivity index (χ4v) is 2.67. The Hall–Kier alpha value is -3.20. The van der Waals surface area contributed by atoms with Crippen molar-refractivity contribution in [3.05, 3.63) is 63.2 Å². The predicted molar refractivity (Wildman–Crippen MR) is 107 cm³/mol. The maximum Gasteiger partial charge on any atom is 0.273 e. The van der Waals surface area contributed by atoms with Crippen LogP contribution in [0.5, 0.6) is 5.75 Å². The predicted octanol–water partition coefficient (Wildman–Crippen LogP) is 3.11. The molecule has 27 heavy (non-hydrogen) atoms. The Morgan fingerprint density at radius 1 is 1.26 bits per heavy atom. The number of methoxy groups -OCH3 is 1. The normalized spacial score (nSPS) is 10.0. The lowest BCUT2D eigenvalue weighted by molar-refractivity contribution is -0.384. The number of benzene rings is 2. The van der Waals surface area contributed by atoms with Crippen LogP contribution in [0.25, 0.3) is 0 Å². The number of hydrogen-bond donors (Lipinski definition) is 3. The highest BCUT2D eigenvalue weighted by atomic mass is 32.1. The number of hydrazine groups is 1. The number of carbonyl (C=O) groups is 1. The zero-order valence-electron chi connectivity index (χ0n) is 15.2. The van der Waals surface area contributed by atoms with E-state index in [1.807, 2.05) is 32.0 Å². The van der Waals surface area contributed by atoms with Crippen LogP contribution in [0.1, 0.15) is 28.4 Å². The van der Waals surface area contributed by atoms with Gasteiger partial charge in [0.2, 0.25) is 0 Å². The Kier molecular flexibility index (Phi) is 6.67. The van der Waals surface area contributed by atoms with Gasteiger partial charge in [0.1, 0.15) is 5.75 Å². The number of nitrogens with zero attached hydrogens (tertiary/aromatic N) is 1. The van der Waals surface area contributed by atoms with Gasteiger partial charge in [-0.2, -0.15) is 0 Å². The molecule has 8 nitrogen and oxygen atoms in total. The number of hydrogen-bond acceptors (Lipinski definition) is 5. The molecule has 0 fully saturated rings. The third-order valence-electron chi connectivity index (χ3n) is 3.91. The molecule has 0 aromatic heterocycles. The Balaban J connectivity index is 2.09. The van der Waals surface area contributed by atoms with Crippen molar-refractivity contribution in [3.8, 4) is 5.75 Å². The molecule has 2 aromatic carbocycles. The summed E-state index contributed by atoms with van der Waals surface area (Å²) < 4.78 is 5.09. The highest BCUT2D eigenvalue weighted by Crippen LogP contribution is 2.24. The number of ether oxygens (including phenoxy) is 1. The summed E-state index contributed by atoms with van der Waals surface area (Å²) in [5.74, 6) is -0.397. The van der Waals surface area contributed by atoms with Crippen LogP contribution in [-0.4, -0.2) is 23.1 Å². The van der Waals surface area contributed by atoms with Crippen LogP contribution in [0, 0.1) is 17.0 Å². The minimum atomic E-state index is -0.611. The summed E-state index contributed by atoms with van der Waals surface area (Å²) in [6, 6.07) is 9.68. The van der Waals surface area contributed by atoms with Crippen LogP contribution >= 0.6 is 12.2 Å². The number of nitrogens with one attached hydrogen (secondary N) is 3. The van der Waals surface area contributed by atoms with Crippen molar-refractivity contribution in [3.63, 3.8) is 0 Å². The molecule has 2 aromatic rings. The van der Waals surface area contributed by atoms with E-state index in [1.165, 1.54) is 19.2 Å². The molecule has 2 rings (SSSR count). The number of nitro groups is 1. The number of rotatable bonds is 5. The minimum Gasteiger partial charge on any atom is -0.496 e. The lowest BCUT2D eigenvalue weighted by atomic mass is 10.1. The Morgan fingerprint density at radius 2 is 2.00 bits per heavy atom. The molecule has 0 heterocycles. The van der Waals surface area contributed by atoms with Gasteiger partial charge >= 0.3 is 0 Å². The van der Waals surface area contributed by atoms with Gasteiger partial charge in [0.15, 0.2) is 5.11 Å². The molecule has 0 atom stereocenters. The molecule has 3 N–H and O–H groups in total. The van der Waals surface area contributed by atoms with Crippen molar-refractivity contribution in [2.24, 2.45) is 0 Å². The van der Waals surface area contributed by atoms with E-state index in [0.29, 0.717) is 0 Å². The number of anilines is 1.